The van der Waals surface area contributed by atoms with Gasteiger partial charge in [-0.3, -0.25) is 19.7 Å². The Labute approximate surface area is 81.8 Å². The molecule has 1 amide bonds. The van der Waals surface area contributed by atoms with Crippen LogP contribution in [0.15, 0.2) is 12.1 Å². The first-order valence-corrected chi connectivity index (χ1v) is 3.85. The van der Waals surface area contributed by atoms with Gasteiger partial charge >= 0.3 is 5.69 Å². The first-order valence-electron chi connectivity index (χ1n) is 3.85. The molecule has 6 nitrogen and oxygen atoms in total. The summed E-state index contributed by atoms with van der Waals surface area (Å²) in [6.07, 6.45) is 0. The fourth-order valence-corrected chi connectivity index (χ4v) is 1.35. The summed E-state index contributed by atoms with van der Waals surface area (Å²) in [7, 11) is 0. The Bertz CT molecular complexity index is 512. The Hall–Kier alpha value is -2.31. The first kappa shape index (κ1) is 9.25. The maximum absolute atomic E-state index is 13.0. The molecule has 0 saturated heterocycles. The molecule has 0 spiro atoms. The predicted molar refractivity (Wildman–Crippen MR) is 46.0 cm³/mol. The number of nitrogens with one attached hydrogen (secondary N) is 1. The number of halogens is 1. The van der Waals surface area contributed by atoms with Crippen molar-refractivity contribution in [3.63, 3.8) is 0 Å². The maximum Gasteiger partial charge on any atom is 0.328 e. The molecule has 0 atom stereocenters. The number of hydrogen-bond acceptors (Lipinski definition) is 4. The van der Waals surface area contributed by atoms with Gasteiger partial charge in [0.25, 0.3) is 11.7 Å². The van der Waals surface area contributed by atoms with Gasteiger partial charge in [-0.2, -0.15) is 4.39 Å². The number of carbonyl (C=O) groups excluding carboxylic acids is 2. The summed E-state index contributed by atoms with van der Waals surface area (Å²) in [6, 6.07) is 1.83. The van der Waals surface area contributed by atoms with Crippen LogP contribution < -0.4 is 5.32 Å². The molecule has 1 N–H and O–H groups in total. The second kappa shape index (κ2) is 2.84. The Balaban J connectivity index is 2.74. The summed E-state index contributed by atoms with van der Waals surface area (Å²) in [6.45, 7) is 0. The lowest BCUT2D eigenvalue weighted by Gasteiger charge is -1.99. The largest absolute Gasteiger partial charge is 0.328 e. The minimum atomic E-state index is -1.09. The van der Waals surface area contributed by atoms with Crippen LogP contribution in [-0.2, 0) is 4.79 Å². The number of hydrogen-bond donors (Lipinski definition) is 1. The van der Waals surface area contributed by atoms with E-state index in [1.807, 2.05) is 5.32 Å². The molecule has 0 aromatic heterocycles. The standard InChI is InChI=1S/C8H3FN2O4/c9-4-2-1-3-5(6(4)11(14)15)10-8(13)7(3)12/h1-2H,(H,10,12,13). The van der Waals surface area contributed by atoms with E-state index in [1.54, 1.807) is 0 Å². The van der Waals surface area contributed by atoms with Crippen molar-refractivity contribution in [1.29, 1.82) is 0 Å². The minimum Gasteiger partial charge on any atom is -0.313 e. The summed E-state index contributed by atoms with van der Waals surface area (Å²) >= 11 is 0. The Morgan fingerprint density at radius 3 is 2.60 bits per heavy atom. The van der Waals surface area contributed by atoms with Crippen molar-refractivity contribution < 1.29 is 18.9 Å². The van der Waals surface area contributed by atoms with Crippen molar-refractivity contribution in [3.8, 4) is 0 Å². The van der Waals surface area contributed by atoms with Gasteiger partial charge in [-0.1, -0.05) is 0 Å². The molecule has 7 heteroatoms. The fraction of sp³-hybridized carbons (Fsp3) is 0. The first-order chi connectivity index (χ1) is 7.02. The van der Waals surface area contributed by atoms with Gasteiger partial charge in [-0.05, 0) is 12.1 Å². The maximum atomic E-state index is 13.0. The molecule has 76 valence electrons. The lowest BCUT2D eigenvalue weighted by atomic mass is 10.1. The fourth-order valence-electron chi connectivity index (χ4n) is 1.35. The van der Waals surface area contributed by atoms with E-state index in [4.69, 9.17) is 0 Å². The molecule has 0 unspecified atom stereocenters. The Kier molecular flexibility index (Phi) is 1.75. The van der Waals surface area contributed by atoms with Crippen LogP contribution in [0.1, 0.15) is 10.4 Å². The monoisotopic (exact) mass is 210 g/mol. The highest BCUT2D eigenvalue weighted by Crippen LogP contribution is 2.34. The molecule has 0 radical (unpaired) electrons. The molecule has 1 aromatic rings. The summed E-state index contributed by atoms with van der Waals surface area (Å²) in [5, 5.41) is 12.5. The highest BCUT2D eigenvalue weighted by molar-refractivity contribution is 6.52. The predicted octanol–water partition coefficient (Wildman–Crippen LogP) is 0.869. The van der Waals surface area contributed by atoms with Crippen LogP contribution in [0.25, 0.3) is 0 Å². The zero-order valence-electron chi connectivity index (χ0n) is 7.11. The lowest BCUT2D eigenvalue weighted by Crippen LogP contribution is -2.12. The molecule has 0 fully saturated rings. The second-order valence-corrected chi connectivity index (χ2v) is 2.86. The van der Waals surface area contributed by atoms with Gasteiger partial charge in [0.05, 0.1) is 10.5 Å². The van der Waals surface area contributed by atoms with Crippen LogP contribution in [0, 0.1) is 15.9 Å². The van der Waals surface area contributed by atoms with Crippen LogP contribution in [-0.4, -0.2) is 16.6 Å². The van der Waals surface area contributed by atoms with Gasteiger partial charge in [0.15, 0.2) is 0 Å². The average molecular weight is 210 g/mol. The zero-order chi connectivity index (χ0) is 11.2. The molecule has 1 heterocycles. The summed E-state index contributed by atoms with van der Waals surface area (Å²) in [4.78, 5) is 31.6. The number of Topliss-reactive ketones (excluding diaryl/α,β-unsaturated/α-hetero) is 1. The Morgan fingerprint density at radius 1 is 1.33 bits per heavy atom. The second-order valence-electron chi connectivity index (χ2n) is 2.86. The molecular formula is C8H3FN2O4. The minimum absolute atomic E-state index is 0.173. The molecule has 0 aliphatic carbocycles. The van der Waals surface area contributed by atoms with Gasteiger partial charge in [-0.25, -0.2) is 0 Å². The third-order valence-electron chi connectivity index (χ3n) is 2.00. The molecular weight excluding hydrogens is 207 g/mol. The van der Waals surface area contributed by atoms with Crippen LogP contribution >= 0.6 is 0 Å². The average Bonchev–Trinajstić information content (AvgIpc) is 2.42. The van der Waals surface area contributed by atoms with Crippen LogP contribution in [0.5, 0.6) is 0 Å². The lowest BCUT2D eigenvalue weighted by molar-refractivity contribution is -0.386. The molecule has 2 rings (SSSR count). The number of ketones is 1. The van der Waals surface area contributed by atoms with Crippen molar-refractivity contribution in [2.75, 3.05) is 5.32 Å². The van der Waals surface area contributed by atoms with Crippen molar-refractivity contribution in [3.05, 3.63) is 33.6 Å². The molecule has 1 aliphatic heterocycles. The highest BCUT2D eigenvalue weighted by atomic mass is 19.1. The van der Waals surface area contributed by atoms with Gasteiger partial charge in [0.2, 0.25) is 5.82 Å². The van der Waals surface area contributed by atoms with Crippen molar-refractivity contribution in [2.24, 2.45) is 0 Å². The zero-order valence-corrected chi connectivity index (χ0v) is 7.11. The number of nitro groups is 1. The summed E-state index contributed by atoms with van der Waals surface area (Å²) < 4.78 is 13.0. The Morgan fingerprint density at radius 2 is 2.00 bits per heavy atom. The quantitative estimate of drug-likeness (QED) is 0.423. The van der Waals surface area contributed by atoms with E-state index in [0.29, 0.717) is 0 Å². The summed E-state index contributed by atoms with van der Waals surface area (Å²) in [5.41, 5.74) is -1.42. The molecule has 1 aliphatic rings. The van der Waals surface area contributed by atoms with Gasteiger partial charge in [-0.15, -0.1) is 0 Å². The number of amides is 1. The number of carbonyl (C=O) groups is 2. The topological polar surface area (TPSA) is 89.3 Å². The third kappa shape index (κ3) is 1.17. The molecule has 0 bridgehead atoms. The van der Waals surface area contributed by atoms with E-state index in [9.17, 15) is 24.1 Å². The SMILES string of the molecule is O=C1Nc2c(ccc(F)c2[N+](=O)[O-])C1=O. The number of fused-ring (bicyclic) bond motifs is 1. The number of benzene rings is 1. The van der Waals surface area contributed by atoms with Crippen LogP contribution in [0.2, 0.25) is 0 Å². The van der Waals surface area contributed by atoms with Crippen molar-refractivity contribution in [1.82, 2.24) is 0 Å². The third-order valence-corrected chi connectivity index (χ3v) is 2.00. The van der Waals surface area contributed by atoms with Crippen LogP contribution in [0.4, 0.5) is 15.8 Å². The van der Waals surface area contributed by atoms with Crippen molar-refractivity contribution >= 4 is 23.1 Å². The number of nitrogens with zero attached hydrogens (tertiary/aromatic N) is 1. The molecule has 15 heavy (non-hydrogen) atoms. The van der Waals surface area contributed by atoms with E-state index < -0.39 is 28.1 Å². The molecule has 1 aromatic carbocycles. The van der Waals surface area contributed by atoms with Gasteiger partial charge < -0.3 is 5.32 Å². The normalized spacial score (nSPS) is 13.7. The number of rotatable bonds is 1. The van der Waals surface area contributed by atoms with Crippen molar-refractivity contribution in [2.45, 2.75) is 0 Å². The highest BCUT2D eigenvalue weighted by Gasteiger charge is 2.36. The van der Waals surface area contributed by atoms with E-state index in [-0.39, 0.29) is 11.3 Å². The number of anilines is 1. The smallest absolute Gasteiger partial charge is 0.313 e. The van der Waals surface area contributed by atoms with Gasteiger partial charge in [0.1, 0.15) is 5.69 Å². The van der Waals surface area contributed by atoms with E-state index in [1.165, 1.54) is 0 Å². The van der Waals surface area contributed by atoms with E-state index >= 15 is 0 Å². The van der Waals surface area contributed by atoms with Crippen LogP contribution in [0.3, 0.4) is 0 Å². The van der Waals surface area contributed by atoms with E-state index in [0.717, 1.165) is 12.1 Å². The summed E-state index contributed by atoms with van der Waals surface area (Å²) in [5.74, 6) is -2.97. The molecule has 0 saturated carbocycles. The van der Waals surface area contributed by atoms with E-state index in [2.05, 4.69) is 0 Å². The number of nitro benzene ring substituents is 1. The van der Waals surface area contributed by atoms with Gasteiger partial charge in [0, 0.05) is 0 Å².